The minimum Gasteiger partial charge on any atom is -0.491 e. The first-order chi connectivity index (χ1) is 11.7. The van der Waals surface area contributed by atoms with Crippen molar-refractivity contribution < 1.29 is 9.84 Å². The van der Waals surface area contributed by atoms with Crippen LogP contribution in [-0.4, -0.2) is 55.4 Å². The number of hydrogen-bond donors (Lipinski definition) is 1. The van der Waals surface area contributed by atoms with E-state index in [1.807, 2.05) is 48.5 Å². The summed E-state index contributed by atoms with van der Waals surface area (Å²) < 4.78 is 5.61. The van der Waals surface area contributed by atoms with E-state index < -0.39 is 6.10 Å². The molecule has 2 aromatic rings. The van der Waals surface area contributed by atoms with E-state index in [1.165, 1.54) is 0 Å². The molecule has 1 aliphatic rings. The summed E-state index contributed by atoms with van der Waals surface area (Å²) in [6, 6.07) is 17.6. The third-order valence-electron chi connectivity index (χ3n) is 4.20. The second-order valence-corrected chi connectivity index (χ2v) is 6.48. The molecule has 0 aromatic heterocycles. The molecular formula is C19H23ClN2O2. The monoisotopic (exact) mass is 346 g/mol. The zero-order chi connectivity index (χ0) is 16.8. The maximum Gasteiger partial charge on any atom is 0.119 e. The molecule has 1 aliphatic heterocycles. The Kier molecular flexibility index (Phi) is 5.96. The Labute approximate surface area is 148 Å². The fourth-order valence-electron chi connectivity index (χ4n) is 2.92. The topological polar surface area (TPSA) is 35.9 Å². The first kappa shape index (κ1) is 17.1. The average molecular weight is 347 g/mol. The van der Waals surface area contributed by atoms with Crippen molar-refractivity contribution in [2.45, 2.75) is 6.10 Å². The molecule has 1 N–H and O–H groups in total. The summed E-state index contributed by atoms with van der Waals surface area (Å²) >= 11 is 6.06. The van der Waals surface area contributed by atoms with Crippen LogP contribution in [0.25, 0.3) is 0 Å². The largest absolute Gasteiger partial charge is 0.491 e. The van der Waals surface area contributed by atoms with E-state index in [2.05, 4.69) is 15.9 Å². The van der Waals surface area contributed by atoms with Gasteiger partial charge < -0.3 is 14.7 Å². The first-order valence-electron chi connectivity index (χ1n) is 8.29. The molecule has 24 heavy (non-hydrogen) atoms. The van der Waals surface area contributed by atoms with Crippen LogP contribution in [0.4, 0.5) is 5.69 Å². The van der Waals surface area contributed by atoms with Crippen LogP contribution in [0, 0.1) is 0 Å². The van der Waals surface area contributed by atoms with Gasteiger partial charge in [0.15, 0.2) is 0 Å². The molecule has 0 radical (unpaired) electrons. The van der Waals surface area contributed by atoms with Gasteiger partial charge in [-0.3, -0.25) is 4.90 Å². The molecule has 1 atom stereocenters. The quantitative estimate of drug-likeness (QED) is 0.872. The summed E-state index contributed by atoms with van der Waals surface area (Å²) in [6.45, 7) is 4.68. The van der Waals surface area contributed by atoms with E-state index in [0.717, 1.165) is 42.6 Å². The number of aliphatic hydroxyl groups excluding tert-OH is 1. The molecule has 0 amide bonds. The Morgan fingerprint density at radius 2 is 1.75 bits per heavy atom. The lowest BCUT2D eigenvalue weighted by Gasteiger charge is -2.36. The Morgan fingerprint density at radius 3 is 2.46 bits per heavy atom. The van der Waals surface area contributed by atoms with Crippen LogP contribution in [0.3, 0.4) is 0 Å². The number of ether oxygens (including phenoxy) is 1. The van der Waals surface area contributed by atoms with Gasteiger partial charge in [0.05, 0.1) is 0 Å². The highest BCUT2D eigenvalue weighted by Gasteiger charge is 2.19. The number of anilines is 1. The lowest BCUT2D eigenvalue weighted by atomic mass is 10.2. The lowest BCUT2D eigenvalue weighted by molar-refractivity contribution is 0.0663. The van der Waals surface area contributed by atoms with E-state index in [9.17, 15) is 5.11 Å². The number of benzene rings is 2. The zero-order valence-electron chi connectivity index (χ0n) is 13.6. The maximum atomic E-state index is 10.2. The Bertz CT molecular complexity index is 630. The maximum absolute atomic E-state index is 10.2. The molecule has 128 valence electrons. The van der Waals surface area contributed by atoms with E-state index in [-0.39, 0.29) is 0 Å². The van der Waals surface area contributed by atoms with Gasteiger partial charge in [-0.05, 0) is 30.3 Å². The highest BCUT2D eigenvalue weighted by molar-refractivity contribution is 6.30. The lowest BCUT2D eigenvalue weighted by Crippen LogP contribution is -2.49. The molecular weight excluding hydrogens is 324 g/mol. The van der Waals surface area contributed by atoms with Crippen LogP contribution < -0.4 is 9.64 Å². The normalized spacial score (nSPS) is 16.8. The number of hydrogen-bond acceptors (Lipinski definition) is 4. The molecule has 2 aromatic carbocycles. The smallest absolute Gasteiger partial charge is 0.119 e. The van der Waals surface area contributed by atoms with Crippen molar-refractivity contribution in [2.24, 2.45) is 0 Å². The number of rotatable bonds is 6. The van der Waals surface area contributed by atoms with E-state index in [4.69, 9.17) is 16.3 Å². The summed E-state index contributed by atoms with van der Waals surface area (Å²) in [7, 11) is 0. The molecule has 1 heterocycles. The van der Waals surface area contributed by atoms with Crippen LogP contribution >= 0.6 is 11.6 Å². The van der Waals surface area contributed by atoms with Crippen LogP contribution in [0.5, 0.6) is 5.75 Å². The summed E-state index contributed by atoms with van der Waals surface area (Å²) in [5, 5.41) is 11.0. The van der Waals surface area contributed by atoms with Crippen molar-refractivity contribution in [3.05, 3.63) is 59.6 Å². The Morgan fingerprint density at radius 1 is 1.00 bits per heavy atom. The third kappa shape index (κ3) is 4.87. The standard InChI is InChI=1S/C19H23ClN2O2/c20-16-5-4-6-17(13-16)22-11-9-21(10-12-22)14-18(23)15-24-19-7-2-1-3-8-19/h1-8,13,18,23H,9-12,14-15H2/t18-/m1/s1. The summed E-state index contributed by atoms with van der Waals surface area (Å²) in [4.78, 5) is 4.61. The van der Waals surface area contributed by atoms with Crippen LogP contribution in [0.1, 0.15) is 0 Å². The summed E-state index contributed by atoms with van der Waals surface area (Å²) in [5.41, 5.74) is 1.16. The Hall–Kier alpha value is -1.75. The van der Waals surface area contributed by atoms with Gasteiger partial charge in [-0.1, -0.05) is 35.9 Å². The fourth-order valence-corrected chi connectivity index (χ4v) is 3.11. The van der Waals surface area contributed by atoms with Gasteiger partial charge in [0.1, 0.15) is 18.5 Å². The third-order valence-corrected chi connectivity index (χ3v) is 4.44. The van der Waals surface area contributed by atoms with Gasteiger partial charge in [0.25, 0.3) is 0 Å². The number of piperazine rings is 1. The molecule has 0 saturated carbocycles. The van der Waals surface area contributed by atoms with Crippen molar-refractivity contribution in [3.63, 3.8) is 0 Å². The van der Waals surface area contributed by atoms with Gasteiger partial charge in [0.2, 0.25) is 0 Å². The highest BCUT2D eigenvalue weighted by Crippen LogP contribution is 2.20. The van der Waals surface area contributed by atoms with Crippen LogP contribution in [-0.2, 0) is 0 Å². The molecule has 1 fully saturated rings. The average Bonchev–Trinajstić information content (AvgIpc) is 2.61. The number of halogens is 1. The van der Waals surface area contributed by atoms with E-state index >= 15 is 0 Å². The van der Waals surface area contributed by atoms with Gasteiger partial charge >= 0.3 is 0 Å². The van der Waals surface area contributed by atoms with Crippen LogP contribution in [0.15, 0.2) is 54.6 Å². The number of β-amino-alcohol motifs (C(OH)–C–C–N with tert-alkyl or cyclic N) is 1. The van der Waals surface area contributed by atoms with Gasteiger partial charge in [-0.15, -0.1) is 0 Å². The second kappa shape index (κ2) is 8.38. The van der Waals surface area contributed by atoms with E-state index in [1.54, 1.807) is 0 Å². The molecule has 4 nitrogen and oxygen atoms in total. The van der Waals surface area contributed by atoms with Crippen molar-refractivity contribution in [2.75, 3.05) is 44.2 Å². The Balaban J connectivity index is 1.42. The number of nitrogens with zero attached hydrogens (tertiary/aromatic N) is 2. The minimum absolute atomic E-state index is 0.318. The molecule has 0 spiro atoms. The molecule has 0 bridgehead atoms. The molecule has 0 aliphatic carbocycles. The minimum atomic E-state index is -0.483. The molecule has 3 rings (SSSR count). The van der Waals surface area contributed by atoms with Crippen molar-refractivity contribution in [3.8, 4) is 5.75 Å². The van der Waals surface area contributed by atoms with Crippen LogP contribution in [0.2, 0.25) is 5.02 Å². The number of aliphatic hydroxyl groups is 1. The predicted octanol–water partition coefficient (Wildman–Crippen LogP) is 2.90. The SMILES string of the molecule is O[C@@H](COc1ccccc1)CN1CCN(c2cccc(Cl)c2)CC1. The summed E-state index contributed by atoms with van der Waals surface area (Å²) in [6.07, 6.45) is -0.483. The fraction of sp³-hybridized carbons (Fsp3) is 0.368. The van der Waals surface area contributed by atoms with E-state index in [0.29, 0.717) is 13.2 Å². The predicted molar refractivity (Wildman–Crippen MR) is 98.0 cm³/mol. The first-order valence-corrected chi connectivity index (χ1v) is 8.67. The summed E-state index contributed by atoms with van der Waals surface area (Å²) in [5.74, 6) is 0.794. The van der Waals surface area contributed by atoms with Crippen molar-refractivity contribution in [1.82, 2.24) is 4.90 Å². The second-order valence-electron chi connectivity index (χ2n) is 6.05. The molecule has 1 saturated heterocycles. The van der Waals surface area contributed by atoms with Gasteiger partial charge in [-0.2, -0.15) is 0 Å². The highest BCUT2D eigenvalue weighted by atomic mass is 35.5. The van der Waals surface area contributed by atoms with Gasteiger partial charge in [0, 0.05) is 43.4 Å². The van der Waals surface area contributed by atoms with Crippen molar-refractivity contribution in [1.29, 1.82) is 0 Å². The number of para-hydroxylation sites is 1. The molecule has 5 heteroatoms. The van der Waals surface area contributed by atoms with Crippen molar-refractivity contribution >= 4 is 17.3 Å². The zero-order valence-corrected chi connectivity index (χ0v) is 14.4. The van der Waals surface area contributed by atoms with Gasteiger partial charge in [-0.25, -0.2) is 0 Å². The molecule has 0 unspecified atom stereocenters.